The zero-order chi connectivity index (χ0) is 48.7. The van der Waals surface area contributed by atoms with Gasteiger partial charge in [0.05, 0.1) is 30.7 Å². The van der Waals surface area contributed by atoms with Crippen molar-refractivity contribution in [1.29, 1.82) is 0 Å². The minimum atomic E-state index is -0.952. The topological polar surface area (TPSA) is 162 Å². The molecule has 0 aliphatic heterocycles. The zero-order valence-electron chi connectivity index (χ0n) is 40.1. The van der Waals surface area contributed by atoms with Gasteiger partial charge in [-0.15, -0.1) is 0 Å². The number of ether oxygens (including phenoxy) is 3. The van der Waals surface area contributed by atoms with E-state index >= 15 is 0 Å². The number of Topliss-reactive ketones (excluding diaryl/α,β-unsaturated/α-hetero) is 1. The summed E-state index contributed by atoms with van der Waals surface area (Å²) < 4.78 is 16.4. The highest BCUT2D eigenvalue weighted by molar-refractivity contribution is 5.93. The summed E-state index contributed by atoms with van der Waals surface area (Å²) in [6.07, 6.45) is 2.55. The minimum absolute atomic E-state index is 0.0824. The van der Waals surface area contributed by atoms with Crippen molar-refractivity contribution in [2.24, 2.45) is 23.7 Å². The van der Waals surface area contributed by atoms with Crippen LogP contribution in [0.5, 0.6) is 0 Å². The van der Waals surface area contributed by atoms with Crippen LogP contribution in [0.25, 0.3) is 0 Å². The van der Waals surface area contributed by atoms with Gasteiger partial charge in [-0.2, -0.15) is 0 Å². The smallest absolute Gasteiger partial charge is 0.310 e. The summed E-state index contributed by atoms with van der Waals surface area (Å²) in [5.41, 5.74) is 2.63. The van der Waals surface area contributed by atoms with Crippen LogP contribution in [0.2, 0.25) is 0 Å². The lowest BCUT2D eigenvalue weighted by molar-refractivity contribution is -0.160. The number of hydrogen-bond acceptors (Lipinski definition) is 9. The van der Waals surface area contributed by atoms with E-state index in [9.17, 15) is 33.9 Å². The van der Waals surface area contributed by atoms with Gasteiger partial charge >= 0.3 is 23.9 Å². The van der Waals surface area contributed by atoms with Crippen LogP contribution < -0.4 is 5.32 Å². The van der Waals surface area contributed by atoms with E-state index < -0.39 is 58.9 Å². The first-order chi connectivity index (χ1) is 31.2. The number of aliphatic carboxylic acids is 1. The molecule has 0 aliphatic carbocycles. The van der Waals surface area contributed by atoms with Crippen molar-refractivity contribution in [3.63, 3.8) is 0 Å². The van der Waals surface area contributed by atoms with Crippen molar-refractivity contribution >= 4 is 35.6 Å². The first-order valence-electron chi connectivity index (χ1n) is 23.0. The molecule has 356 valence electrons. The number of benzene rings is 4. The molecule has 0 radical (unpaired) electrons. The van der Waals surface area contributed by atoms with Gasteiger partial charge in [0.1, 0.15) is 17.8 Å². The molecule has 11 heteroatoms. The van der Waals surface area contributed by atoms with Crippen LogP contribution in [-0.4, -0.2) is 57.9 Å². The van der Waals surface area contributed by atoms with Crippen molar-refractivity contribution in [2.45, 2.75) is 137 Å². The molecule has 0 unspecified atom stereocenters. The molecule has 66 heavy (non-hydrogen) atoms. The maximum Gasteiger partial charge on any atom is 0.310 e. The molecular formula is C55H71NO10. The lowest BCUT2D eigenvalue weighted by atomic mass is 9.89. The standard InChI is InChI=1S/C39H49NO6.C16H22O4/c1-28(2)23-34(40-37(43)32(26-36(42)46-39(3,4)5)22-21-29-15-9-6-10-16-29)35(41)25-33(24-30-17-11-7-12-18-30)38(44)45-27-31-19-13-8-14-20-31;1-16(2,3)20-14(17)11-13(15(18)19)10-9-12-7-5-4-6-8-12/h6-20,28,32-34H,21-27H2,1-5H3,(H,40,43);4-8,13H,9-11H2,1-3H3,(H,18,19)/t32-,33-,34+;13-/m11/s1. The van der Waals surface area contributed by atoms with Gasteiger partial charge in [-0.3, -0.25) is 28.8 Å². The molecule has 11 nitrogen and oxygen atoms in total. The summed E-state index contributed by atoms with van der Waals surface area (Å²) in [6.45, 7) is 14.7. The molecule has 0 fully saturated rings. The molecule has 0 aromatic heterocycles. The molecule has 0 spiro atoms. The van der Waals surface area contributed by atoms with Crippen molar-refractivity contribution in [3.05, 3.63) is 144 Å². The van der Waals surface area contributed by atoms with Gasteiger partial charge < -0.3 is 24.6 Å². The van der Waals surface area contributed by atoms with Crippen molar-refractivity contribution in [1.82, 2.24) is 5.32 Å². The molecular weight excluding hydrogens is 835 g/mol. The number of esters is 3. The predicted molar refractivity (Wildman–Crippen MR) is 256 cm³/mol. The molecule has 0 aliphatic rings. The van der Waals surface area contributed by atoms with Gasteiger partial charge in [0.15, 0.2) is 5.78 Å². The highest BCUT2D eigenvalue weighted by atomic mass is 16.6. The van der Waals surface area contributed by atoms with Crippen LogP contribution in [0, 0.1) is 23.7 Å². The van der Waals surface area contributed by atoms with E-state index in [0.717, 1.165) is 22.3 Å². The van der Waals surface area contributed by atoms with E-state index in [2.05, 4.69) is 5.32 Å². The van der Waals surface area contributed by atoms with Gasteiger partial charge in [0, 0.05) is 12.3 Å². The van der Waals surface area contributed by atoms with Gasteiger partial charge in [-0.05, 0) is 108 Å². The average molecular weight is 906 g/mol. The summed E-state index contributed by atoms with van der Waals surface area (Å²) in [7, 11) is 0. The summed E-state index contributed by atoms with van der Waals surface area (Å²) in [6, 6.07) is 37.5. The minimum Gasteiger partial charge on any atom is -0.481 e. The number of carbonyl (C=O) groups excluding carboxylic acids is 5. The second-order valence-corrected chi connectivity index (χ2v) is 19.2. The lowest BCUT2D eigenvalue weighted by Gasteiger charge is -2.26. The number of carbonyl (C=O) groups is 6. The summed E-state index contributed by atoms with van der Waals surface area (Å²) >= 11 is 0. The third kappa shape index (κ3) is 22.7. The molecule has 0 saturated heterocycles. The highest BCUT2D eigenvalue weighted by Crippen LogP contribution is 2.22. The van der Waals surface area contributed by atoms with E-state index in [-0.39, 0.29) is 43.5 Å². The van der Waals surface area contributed by atoms with Crippen LogP contribution in [0.3, 0.4) is 0 Å². The first-order valence-corrected chi connectivity index (χ1v) is 23.0. The predicted octanol–water partition coefficient (Wildman–Crippen LogP) is 10.1. The maximum atomic E-state index is 13.9. The molecule has 0 heterocycles. The number of carboxylic acids is 1. The number of ketones is 1. The molecule has 4 aromatic rings. The first kappa shape index (κ1) is 54.2. The molecule has 4 rings (SSSR count). The fourth-order valence-electron chi connectivity index (χ4n) is 7.18. The SMILES string of the molecule is CC(C)(C)OC(=O)C[C@@H](CCc1ccccc1)C(=O)O.CC(C)C[C@H](NC(=O)[C@H](CCc1ccccc1)CC(=O)OC(C)(C)C)C(=O)C[C@@H](Cc1ccccc1)C(=O)OCc1ccccc1. The van der Waals surface area contributed by atoms with Gasteiger partial charge in [-0.25, -0.2) is 0 Å². The van der Waals surface area contributed by atoms with Crippen LogP contribution >= 0.6 is 0 Å². The highest BCUT2D eigenvalue weighted by Gasteiger charge is 2.33. The summed E-state index contributed by atoms with van der Waals surface area (Å²) in [5.74, 6) is -4.95. The Kier molecular flexibility index (Phi) is 22.5. The maximum absolute atomic E-state index is 13.9. The average Bonchev–Trinajstić information content (AvgIpc) is 3.25. The molecule has 0 bridgehead atoms. The van der Waals surface area contributed by atoms with E-state index in [0.29, 0.717) is 38.5 Å². The van der Waals surface area contributed by atoms with Gasteiger partial charge in [-0.1, -0.05) is 135 Å². The Bertz CT molecular complexity index is 2090. The van der Waals surface area contributed by atoms with E-state index in [1.165, 1.54) is 0 Å². The number of aryl methyl sites for hydroxylation is 2. The van der Waals surface area contributed by atoms with Crippen molar-refractivity contribution in [3.8, 4) is 0 Å². The van der Waals surface area contributed by atoms with Crippen molar-refractivity contribution < 1.29 is 48.1 Å². The summed E-state index contributed by atoms with van der Waals surface area (Å²) in [4.78, 5) is 76.8. The second-order valence-electron chi connectivity index (χ2n) is 19.2. The zero-order valence-corrected chi connectivity index (χ0v) is 40.1. The molecule has 4 aromatic carbocycles. The molecule has 0 saturated carbocycles. The quantitative estimate of drug-likeness (QED) is 0.0541. The lowest BCUT2D eigenvalue weighted by Crippen LogP contribution is -2.46. The van der Waals surface area contributed by atoms with Gasteiger partial charge in [0.2, 0.25) is 5.91 Å². The monoisotopic (exact) mass is 906 g/mol. The Balaban J connectivity index is 0.000000482. The number of carboxylic acid groups (broad SMARTS) is 1. The normalized spacial score (nSPS) is 13.2. The largest absolute Gasteiger partial charge is 0.481 e. The Labute approximate surface area is 392 Å². The van der Waals surface area contributed by atoms with Crippen LogP contribution in [0.1, 0.15) is 116 Å². The number of hydrogen-bond donors (Lipinski definition) is 2. The molecule has 4 atom stereocenters. The number of rotatable bonds is 23. The van der Waals surface area contributed by atoms with Crippen molar-refractivity contribution in [2.75, 3.05) is 0 Å². The third-order valence-corrected chi connectivity index (χ3v) is 10.4. The fourth-order valence-corrected chi connectivity index (χ4v) is 7.18. The fraction of sp³-hybridized carbons (Fsp3) is 0.455. The number of nitrogens with one attached hydrogen (secondary N) is 1. The molecule has 1 amide bonds. The van der Waals surface area contributed by atoms with E-state index in [1.54, 1.807) is 41.5 Å². The Morgan fingerprint density at radius 2 is 0.955 bits per heavy atom. The van der Waals surface area contributed by atoms with Crippen LogP contribution in [-0.2, 0) is 68.8 Å². The number of amides is 1. The van der Waals surface area contributed by atoms with E-state index in [1.807, 2.05) is 135 Å². The third-order valence-electron chi connectivity index (χ3n) is 10.4. The Morgan fingerprint density at radius 3 is 1.38 bits per heavy atom. The second kappa shape index (κ2) is 27.4. The molecule has 2 N–H and O–H groups in total. The Hall–Kier alpha value is -6.10. The summed E-state index contributed by atoms with van der Waals surface area (Å²) in [5, 5.41) is 12.2. The van der Waals surface area contributed by atoms with Crippen LogP contribution in [0.4, 0.5) is 0 Å². The van der Waals surface area contributed by atoms with Crippen LogP contribution in [0.15, 0.2) is 121 Å². The Morgan fingerprint density at radius 1 is 0.545 bits per heavy atom. The van der Waals surface area contributed by atoms with Gasteiger partial charge in [0.25, 0.3) is 0 Å². The van der Waals surface area contributed by atoms with E-state index in [4.69, 9.17) is 14.2 Å².